The Bertz CT molecular complexity index is 1220. The van der Waals surface area contributed by atoms with E-state index in [0.717, 1.165) is 53.6 Å². The third kappa shape index (κ3) is 5.14. The van der Waals surface area contributed by atoms with Crippen molar-refractivity contribution in [2.45, 2.75) is 58.4 Å². The van der Waals surface area contributed by atoms with Crippen LogP contribution in [0.2, 0.25) is 0 Å². The Morgan fingerprint density at radius 1 is 1.00 bits per heavy atom. The third-order valence-electron chi connectivity index (χ3n) is 6.66. The second-order valence-electron chi connectivity index (χ2n) is 9.07. The number of nitrogens with one attached hydrogen (secondary N) is 1. The van der Waals surface area contributed by atoms with E-state index in [9.17, 15) is 0 Å². The van der Waals surface area contributed by atoms with E-state index in [2.05, 4.69) is 67.8 Å². The molecule has 1 aliphatic carbocycles. The first-order valence-electron chi connectivity index (χ1n) is 12.3. The molecule has 0 saturated heterocycles. The molecule has 0 aliphatic heterocycles. The van der Waals surface area contributed by atoms with Gasteiger partial charge in [-0.05, 0) is 40.0 Å². The van der Waals surface area contributed by atoms with Gasteiger partial charge in [-0.2, -0.15) is 5.10 Å². The zero-order chi connectivity index (χ0) is 23.2. The van der Waals surface area contributed by atoms with E-state index in [1.165, 1.54) is 37.7 Å². The summed E-state index contributed by atoms with van der Waals surface area (Å²) in [6.45, 7) is 2.81. The highest BCUT2D eigenvalue weighted by Gasteiger charge is 2.18. The highest BCUT2D eigenvalue weighted by atomic mass is 15.5. The molecule has 1 fully saturated rings. The minimum absolute atomic E-state index is 0.669. The van der Waals surface area contributed by atoms with Crippen molar-refractivity contribution in [1.29, 1.82) is 0 Å². The number of H-pyrrole nitrogens is 1. The van der Waals surface area contributed by atoms with Crippen molar-refractivity contribution in [3.05, 3.63) is 77.9 Å². The lowest BCUT2D eigenvalue weighted by Crippen LogP contribution is -2.10. The minimum atomic E-state index is 0.669. The van der Waals surface area contributed by atoms with Crippen LogP contribution in [0.25, 0.3) is 22.5 Å². The molecule has 7 heteroatoms. The molecule has 2 aromatic heterocycles. The molecule has 174 valence electrons. The fourth-order valence-corrected chi connectivity index (χ4v) is 4.84. The van der Waals surface area contributed by atoms with Crippen molar-refractivity contribution in [3.8, 4) is 22.5 Å². The average molecular weight is 454 g/mol. The van der Waals surface area contributed by atoms with Crippen LogP contribution in [0.1, 0.15) is 56.2 Å². The van der Waals surface area contributed by atoms with E-state index in [0.29, 0.717) is 5.82 Å². The lowest BCUT2D eigenvalue weighted by atomic mass is 9.87. The van der Waals surface area contributed by atoms with Gasteiger partial charge in [0.15, 0.2) is 11.6 Å². The van der Waals surface area contributed by atoms with Crippen LogP contribution in [0.5, 0.6) is 0 Å². The second kappa shape index (κ2) is 10.5. The number of rotatable bonds is 8. The first-order chi connectivity index (χ1) is 16.8. The Labute approximate surface area is 200 Å². The molecular formula is C27H31N7. The topological polar surface area (TPSA) is 85.2 Å². The summed E-state index contributed by atoms with van der Waals surface area (Å²) in [7, 11) is 0. The van der Waals surface area contributed by atoms with Crippen LogP contribution in [0, 0.1) is 5.92 Å². The van der Waals surface area contributed by atoms with Crippen molar-refractivity contribution in [2.75, 3.05) is 0 Å². The molecule has 2 heterocycles. The summed E-state index contributed by atoms with van der Waals surface area (Å²) in [5, 5.41) is 19.3. The molecule has 1 aliphatic rings. The third-order valence-corrected chi connectivity index (χ3v) is 6.66. The standard InChI is InChI=1S/C27H31N7/c1-2-3-17-34-26(28-25(31-34)18-20-9-5-4-6-10-20)19-21-13-15-22(16-14-21)23-11-7-8-12-24(23)27-29-32-33-30-27/h2-3,7-8,11-16,20H,4-6,9-10,17-19H2,1H3,(H,29,30,32,33)/b3-2+. The summed E-state index contributed by atoms with van der Waals surface area (Å²) >= 11 is 0. The summed E-state index contributed by atoms with van der Waals surface area (Å²) < 4.78 is 2.07. The van der Waals surface area contributed by atoms with Crippen molar-refractivity contribution >= 4 is 0 Å². The Morgan fingerprint density at radius 3 is 2.53 bits per heavy atom. The Morgan fingerprint density at radius 2 is 1.79 bits per heavy atom. The molecule has 34 heavy (non-hydrogen) atoms. The van der Waals surface area contributed by atoms with Gasteiger partial charge in [-0.15, -0.1) is 5.10 Å². The average Bonchev–Trinajstić information content (AvgIpc) is 3.54. The minimum Gasteiger partial charge on any atom is -0.246 e. The Hall–Kier alpha value is -3.61. The van der Waals surface area contributed by atoms with Gasteiger partial charge in [0.05, 0.1) is 6.54 Å². The largest absolute Gasteiger partial charge is 0.246 e. The van der Waals surface area contributed by atoms with Crippen LogP contribution in [0.3, 0.4) is 0 Å². The van der Waals surface area contributed by atoms with Crippen LogP contribution in [-0.4, -0.2) is 35.4 Å². The van der Waals surface area contributed by atoms with Crippen LogP contribution in [0.4, 0.5) is 0 Å². The zero-order valence-corrected chi connectivity index (χ0v) is 19.7. The highest BCUT2D eigenvalue weighted by molar-refractivity contribution is 5.80. The maximum atomic E-state index is 4.97. The SMILES string of the molecule is C/C=C/Cn1nc(CC2CCCCC2)nc1Cc1ccc(-c2ccccc2-c2nnn[nH]2)cc1. The van der Waals surface area contributed by atoms with Crippen molar-refractivity contribution in [3.63, 3.8) is 0 Å². The lowest BCUT2D eigenvalue weighted by Gasteiger charge is -2.19. The van der Waals surface area contributed by atoms with Gasteiger partial charge in [-0.25, -0.2) is 14.8 Å². The molecule has 0 spiro atoms. The van der Waals surface area contributed by atoms with E-state index in [1.807, 2.05) is 25.1 Å². The van der Waals surface area contributed by atoms with Gasteiger partial charge in [0.2, 0.25) is 0 Å². The van der Waals surface area contributed by atoms with Gasteiger partial charge in [0.1, 0.15) is 5.82 Å². The van der Waals surface area contributed by atoms with Gasteiger partial charge in [-0.1, -0.05) is 92.8 Å². The molecule has 0 amide bonds. The van der Waals surface area contributed by atoms with Crippen LogP contribution >= 0.6 is 0 Å². The highest BCUT2D eigenvalue weighted by Crippen LogP contribution is 2.30. The molecule has 0 bridgehead atoms. The molecule has 2 aromatic carbocycles. The summed E-state index contributed by atoms with van der Waals surface area (Å²) in [6.07, 6.45) is 12.7. The quantitative estimate of drug-likeness (QED) is 0.360. The number of benzene rings is 2. The van der Waals surface area contributed by atoms with E-state index in [1.54, 1.807) is 0 Å². The van der Waals surface area contributed by atoms with Crippen LogP contribution in [-0.2, 0) is 19.4 Å². The van der Waals surface area contributed by atoms with Crippen molar-refractivity contribution < 1.29 is 0 Å². The monoisotopic (exact) mass is 453 g/mol. The van der Waals surface area contributed by atoms with Gasteiger partial charge in [-0.3, -0.25) is 0 Å². The fourth-order valence-electron chi connectivity index (χ4n) is 4.84. The first kappa shape index (κ1) is 22.2. The van der Waals surface area contributed by atoms with E-state index >= 15 is 0 Å². The number of aromatic nitrogens is 7. The molecule has 4 aromatic rings. The molecule has 5 rings (SSSR count). The predicted molar refractivity (Wildman–Crippen MR) is 133 cm³/mol. The molecule has 1 N–H and O–H groups in total. The molecule has 7 nitrogen and oxygen atoms in total. The van der Waals surface area contributed by atoms with E-state index < -0.39 is 0 Å². The number of aromatic amines is 1. The molecule has 0 atom stereocenters. The molecule has 1 saturated carbocycles. The summed E-state index contributed by atoms with van der Waals surface area (Å²) in [6, 6.07) is 16.8. The molecular weight excluding hydrogens is 422 g/mol. The maximum Gasteiger partial charge on any atom is 0.180 e. The Kier molecular flexibility index (Phi) is 6.89. The van der Waals surface area contributed by atoms with Crippen molar-refractivity contribution in [2.24, 2.45) is 5.92 Å². The molecule has 0 unspecified atom stereocenters. The second-order valence-corrected chi connectivity index (χ2v) is 9.07. The van der Waals surface area contributed by atoms with Gasteiger partial charge >= 0.3 is 0 Å². The number of allylic oxidation sites excluding steroid dienone is 2. The number of hydrogen-bond donors (Lipinski definition) is 1. The van der Waals surface area contributed by atoms with Crippen LogP contribution < -0.4 is 0 Å². The Balaban J connectivity index is 1.35. The van der Waals surface area contributed by atoms with Crippen LogP contribution in [0.15, 0.2) is 60.7 Å². The normalized spacial score (nSPS) is 14.7. The number of hydrogen-bond acceptors (Lipinski definition) is 5. The molecule has 0 radical (unpaired) electrons. The summed E-state index contributed by atoms with van der Waals surface area (Å²) in [5.41, 5.74) is 4.43. The summed E-state index contributed by atoms with van der Waals surface area (Å²) in [5.74, 6) is 3.43. The number of tetrazole rings is 1. The number of nitrogens with zero attached hydrogens (tertiary/aromatic N) is 6. The first-order valence-corrected chi connectivity index (χ1v) is 12.3. The van der Waals surface area contributed by atoms with Gasteiger partial charge in [0.25, 0.3) is 0 Å². The predicted octanol–water partition coefficient (Wildman–Crippen LogP) is 5.41. The lowest BCUT2D eigenvalue weighted by molar-refractivity contribution is 0.351. The fraction of sp³-hybridized carbons (Fsp3) is 0.370. The zero-order valence-electron chi connectivity index (χ0n) is 19.7. The van der Waals surface area contributed by atoms with Gasteiger partial charge in [0, 0.05) is 18.4 Å². The van der Waals surface area contributed by atoms with E-state index in [-0.39, 0.29) is 0 Å². The summed E-state index contributed by atoms with van der Waals surface area (Å²) in [4.78, 5) is 4.97. The van der Waals surface area contributed by atoms with Gasteiger partial charge < -0.3 is 0 Å². The van der Waals surface area contributed by atoms with E-state index in [4.69, 9.17) is 10.1 Å². The maximum absolute atomic E-state index is 4.97. The van der Waals surface area contributed by atoms with Crippen molar-refractivity contribution in [1.82, 2.24) is 35.4 Å². The smallest absolute Gasteiger partial charge is 0.180 e.